The molecule has 3 heteroatoms. The fourth-order valence-electron chi connectivity index (χ4n) is 4.23. The molecule has 2 nitrogen and oxygen atoms in total. The van der Waals surface area contributed by atoms with Crippen LogP contribution in [0.4, 0.5) is 0 Å². The Labute approximate surface area is 183 Å². The molecule has 3 aromatic rings. The monoisotopic (exact) mass is 403 g/mol. The number of nitrogens with zero attached hydrogens (tertiary/aromatic N) is 1. The molecular weight excluding hydrogens is 365 g/mol. The van der Waals surface area contributed by atoms with Gasteiger partial charge in [0.2, 0.25) is 0 Å². The quantitative estimate of drug-likeness (QED) is 0.450. The summed E-state index contributed by atoms with van der Waals surface area (Å²) < 4.78 is 0.844. The van der Waals surface area contributed by atoms with Crippen molar-refractivity contribution in [2.24, 2.45) is 0 Å². The molecule has 0 saturated carbocycles. The maximum Gasteiger partial charge on any atom is 0.101 e. The van der Waals surface area contributed by atoms with Crippen LogP contribution in [0.15, 0.2) is 91.0 Å². The molecule has 0 saturated heterocycles. The van der Waals surface area contributed by atoms with Gasteiger partial charge >= 0.3 is 0 Å². The van der Waals surface area contributed by atoms with Gasteiger partial charge in [0.05, 0.1) is 33.9 Å². The fourth-order valence-corrected chi connectivity index (χ4v) is 4.23. The molecule has 160 valence electrons. The summed E-state index contributed by atoms with van der Waals surface area (Å²) in [7, 11) is 6.16. The van der Waals surface area contributed by atoms with Crippen LogP contribution < -0.4 is 16.4 Å². The van der Waals surface area contributed by atoms with Gasteiger partial charge in [-0.2, -0.15) is 22.7 Å². The first-order valence-corrected chi connectivity index (χ1v) is 11.2. The topological polar surface area (TPSA) is 20.2 Å². The zero-order valence-corrected chi connectivity index (χ0v) is 19.2. The first kappa shape index (κ1) is 23.9. The summed E-state index contributed by atoms with van der Waals surface area (Å²) >= 11 is 0. The summed E-state index contributed by atoms with van der Waals surface area (Å²) in [6.07, 6.45) is 2.73. The molecular formula is C27H38BNO. The second-order valence-corrected chi connectivity index (χ2v) is 9.16. The highest BCUT2D eigenvalue weighted by Crippen LogP contribution is 2.16. The molecule has 0 atom stereocenters. The standard InChI is InChI=1S/C22H24B.C5H14NO/c1-2-3-19-23(20-13-7-4-8-14-20,21-15-9-5-10-16-21)22-17-11-6-12-18-22;1-6(2,3)4-5-7/h4-18H,2-3,19H2,1H3;7H,4-5H2,1-3H3/q-1;+1. The molecule has 0 aliphatic heterocycles. The number of hydrogen-bond acceptors (Lipinski definition) is 1. The van der Waals surface area contributed by atoms with Gasteiger partial charge in [-0.25, -0.2) is 0 Å². The van der Waals surface area contributed by atoms with E-state index in [1.54, 1.807) is 0 Å². The molecule has 0 bridgehead atoms. The third kappa shape index (κ3) is 6.58. The zero-order chi connectivity index (χ0) is 21.9. The highest BCUT2D eigenvalue weighted by atomic mass is 16.3. The van der Waals surface area contributed by atoms with Gasteiger partial charge in [0.15, 0.2) is 0 Å². The summed E-state index contributed by atoms with van der Waals surface area (Å²) in [6.45, 7) is 3.39. The number of rotatable bonds is 8. The second-order valence-electron chi connectivity index (χ2n) is 9.16. The Balaban J connectivity index is 0.000000396. The van der Waals surface area contributed by atoms with Crippen LogP contribution in [0, 0.1) is 0 Å². The lowest BCUT2D eigenvalue weighted by Crippen LogP contribution is -2.66. The van der Waals surface area contributed by atoms with E-state index in [0.717, 1.165) is 11.0 Å². The number of hydrogen-bond donors (Lipinski definition) is 1. The molecule has 3 rings (SSSR count). The van der Waals surface area contributed by atoms with Gasteiger partial charge in [-0.3, -0.25) is 0 Å². The van der Waals surface area contributed by atoms with Crippen molar-refractivity contribution in [2.75, 3.05) is 34.3 Å². The number of unbranched alkanes of at least 4 members (excludes halogenated alkanes) is 1. The van der Waals surface area contributed by atoms with E-state index < -0.39 is 6.15 Å². The van der Waals surface area contributed by atoms with E-state index in [0.29, 0.717) is 0 Å². The normalized spacial score (nSPS) is 11.5. The Hall–Kier alpha value is -2.36. The van der Waals surface area contributed by atoms with Crippen molar-refractivity contribution in [3.63, 3.8) is 0 Å². The third-order valence-electron chi connectivity index (χ3n) is 5.87. The summed E-state index contributed by atoms with van der Waals surface area (Å²) in [5, 5.41) is 8.39. The Kier molecular flexibility index (Phi) is 9.36. The van der Waals surface area contributed by atoms with Crippen LogP contribution in [-0.4, -0.2) is 50.0 Å². The number of aliphatic hydroxyl groups is 1. The minimum absolute atomic E-state index is 0.281. The van der Waals surface area contributed by atoms with Crippen molar-refractivity contribution in [2.45, 2.75) is 26.1 Å². The fraction of sp³-hybridized carbons (Fsp3) is 0.333. The molecule has 3 aromatic carbocycles. The predicted molar refractivity (Wildman–Crippen MR) is 134 cm³/mol. The van der Waals surface area contributed by atoms with Crippen LogP contribution in [0.3, 0.4) is 0 Å². The van der Waals surface area contributed by atoms with Gasteiger partial charge in [-0.1, -0.05) is 111 Å². The van der Waals surface area contributed by atoms with Crippen molar-refractivity contribution in [1.29, 1.82) is 0 Å². The summed E-state index contributed by atoms with van der Waals surface area (Å²) in [5.41, 5.74) is 4.33. The van der Waals surface area contributed by atoms with Crippen molar-refractivity contribution in [1.82, 2.24) is 0 Å². The molecule has 0 aliphatic rings. The molecule has 1 N–H and O–H groups in total. The predicted octanol–water partition coefficient (Wildman–Crippen LogP) is 3.64. The molecule has 0 amide bonds. The van der Waals surface area contributed by atoms with Crippen molar-refractivity contribution < 1.29 is 9.59 Å². The molecule has 0 radical (unpaired) electrons. The first-order valence-electron chi connectivity index (χ1n) is 11.2. The smallest absolute Gasteiger partial charge is 0.101 e. The summed E-state index contributed by atoms with van der Waals surface area (Å²) in [5.74, 6) is 0. The number of likely N-dealkylation sites (N-methyl/N-ethyl adjacent to an activating group) is 1. The molecule has 30 heavy (non-hydrogen) atoms. The average molecular weight is 403 g/mol. The van der Waals surface area contributed by atoms with Crippen LogP contribution in [0.5, 0.6) is 0 Å². The van der Waals surface area contributed by atoms with Crippen LogP contribution in [0.25, 0.3) is 0 Å². The van der Waals surface area contributed by atoms with Crippen LogP contribution in [0.1, 0.15) is 19.8 Å². The van der Waals surface area contributed by atoms with E-state index in [4.69, 9.17) is 5.11 Å². The van der Waals surface area contributed by atoms with Gasteiger partial charge in [-0.15, -0.1) is 0 Å². The Morgan fingerprint density at radius 3 is 1.27 bits per heavy atom. The lowest BCUT2D eigenvalue weighted by atomic mass is 9.14. The van der Waals surface area contributed by atoms with Gasteiger partial charge in [0, 0.05) is 0 Å². The highest BCUT2D eigenvalue weighted by Gasteiger charge is 2.28. The van der Waals surface area contributed by atoms with Crippen LogP contribution in [-0.2, 0) is 0 Å². The minimum Gasteiger partial charge on any atom is -0.391 e. The summed E-state index contributed by atoms with van der Waals surface area (Å²) in [4.78, 5) is 0. The maximum atomic E-state index is 8.39. The molecule has 0 heterocycles. The van der Waals surface area contributed by atoms with Crippen LogP contribution in [0.2, 0.25) is 6.32 Å². The third-order valence-corrected chi connectivity index (χ3v) is 5.87. The van der Waals surface area contributed by atoms with E-state index in [1.165, 1.54) is 35.6 Å². The van der Waals surface area contributed by atoms with Gasteiger partial charge in [0.25, 0.3) is 0 Å². The SMILES string of the molecule is CCCC[B-](c1ccccc1)(c1ccccc1)c1ccccc1.C[N+](C)(C)CCO. The maximum absolute atomic E-state index is 8.39. The molecule has 0 spiro atoms. The Morgan fingerprint density at radius 2 is 1.03 bits per heavy atom. The number of benzene rings is 3. The second kappa shape index (κ2) is 11.7. The van der Waals surface area contributed by atoms with E-state index in [9.17, 15) is 0 Å². The first-order chi connectivity index (χ1) is 14.4. The van der Waals surface area contributed by atoms with E-state index >= 15 is 0 Å². The molecule has 0 unspecified atom stereocenters. The van der Waals surface area contributed by atoms with Crippen molar-refractivity contribution >= 4 is 22.5 Å². The number of aliphatic hydroxyl groups excluding tert-OH is 1. The lowest BCUT2D eigenvalue weighted by Gasteiger charge is -2.43. The van der Waals surface area contributed by atoms with Crippen molar-refractivity contribution in [3.05, 3.63) is 91.0 Å². The average Bonchev–Trinajstić information content (AvgIpc) is 2.76. The largest absolute Gasteiger partial charge is 0.391 e. The van der Waals surface area contributed by atoms with Gasteiger partial charge < -0.3 is 9.59 Å². The van der Waals surface area contributed by atoms with Crippen molar-refractivity contribution in [3.8, 4) is 0 Å². The number of quaternary nitrogens is 1. The zero-order valence-electron chi connectivity index (χ0n) is 19.2. The van der Waals surface area contributed by atoms with E-state index in [2.05, 4.69) is 119 Å². The Morgan fingerprint density at radius 1 is 0.667 bits per heavy atom. The van der Waals surface area contributed by atoms with Gasteiger partial charge in [-0.05, 0) is 0 Å². The summed E-state index contributed by atoms with van der Waals surface area (Å²) in [6, 6.07) is 33.2. The Bertz CT molecular complexity index is 732. The van der Waals surface area contributed by atoms with E-state index in [1.807, 2.05) is 0 Å². The highest BCUT2D eigenvalue weighted by molar-refractivity contribution is 7.11. The molecule has 0 aliphatic carbocycles. The molecule has 0 fully saturated rings. The van der Waals surface area contributed by atoms with E-state index in [-0.39, 0.29) is 6.61 Å². The molecule has 0 aromatic heterocycles. The van der Waals surface area contributed by atoms with Gasteiger partial charge in [0.1, 0.15) is 6.54 Å². The van der Waals surface area contributed by atoms with Crippen LogP contribution >= 0.6 is 0 Å². The lowest BCUT2D eigenvalue weighted by molar-refractivity contribution is -0.870. The minimum atomic E-state index is -0.913.